The first-order valence-electron chi connectivity index (χ1n) is 9.39. The molecule has 2 aliphatic heterocycles. The Hall–Kier alpha value is -2.25. The van der Waals surface area contributed by atoms with Crippen molar-refractivity contribution in [1.82, 2.24) is 10.2 Å². The van der Waals surface area contributed by atoms with E-state index in [0.717, 1.165) is 42.2 Å². The van der Waals surface area contributed by atoms with Crippen LogP contribution in [0.2, 0.25) is 0 Å². The molecule has 0 bridgehead atoms. The molecule has 0 fully saturated rings. The molecule has 0 radical (unpaired) electrons. The van der Waals surface area contributed by atoms with Gasteiger partial charge in [-0.15, -0.1) is 11.3 Å². The summed E-state index contributed by atoms with van der Waals surface area (Å²) in [6.45, 7) is 7.68. The Morgan fingerprint density at radius 1 is 1.26 bits per heavy atom. The lowest BCUT2D eigenvalue weighted by atomic mass is 10.0. The second-order valence-corrected chi connectivity index (χ2v) is 7.83. The normalized spacial score (nSPS) is 18.9. The second kappa shape index (κ2) is 7.40. The number of ether oxygens (including phenoxy) is 2. The van der Waals surface area contributed by atoms with Gasteiger partial charge < -0.3 is 20.1 Å². The minimum Gasteiger partial charge on any atom is -0.493 e. The molecule has 0 aliphatic carbocycles. The SMILES string of the molecule is CCOc1ccc([C@@H]2NC(=O)c3c(sc4c3CCN(CC)C4)N2)cc1OC. The summed E-state index contributed by atoms with van der Waals surface area (Å²) in [5.41, 5.74) is 2.99. The van der Waals surface area contributed by atoms with Gasteiger partial charge in [-0.1, -0.05) is 13.0 Å². The Balaban J connectivity index is 1.62. The zero-order chi connectivity index (χ0) is 19.0. The van der Waals surface area contributed by atoms with Gasteiger partial charge in [0, 0.05) is 18.0 Å². The average molecular weight is 388 g/mol. The number of carbonyl (C=O) groups excluding carboxylic acids is 1. The van der Waals surface area contributed by atoms with Gasteiger partial charge in [0.05, 0.1) is 19.3 Å². The maximum atomic E-state index is 12.9. The minimum absolute atomic E-state index is 0.00375. The Morgan fingerprint density at radius 2 is 2.11 bits per heavy atom. The van der Waals surface area contributed by atoms with Gasteiger partial charge in [0.25, 0.3) is 5.91 Å². The van der Waals surface area contributed by atoms with Crippen molar-refractivity contribution in [2.75, 3.05) is 32.1 Å². The van der Waals surface area contributed by atoms with Crippen LogP contribution in [-0.4, -0.2) is 37.6 Å². The summed E-state index contributed by atoms with van der Waals surface area (Å²) in [5, 5.41) is 7.58. The molecule has 0 saturated carbocycles. The fourth-order valence-corrected chi connectivity index (χ4v) is 5.06. The highest BCUT2D eigenvalue weighted by atomic mass is 32.1. The number of carbonyl (C=O) groups is 1. The third-order valence-corrected chi connectivity index (χ3v) is 6.33. The highest BCUT2D eigenvalue weighted by molar-refractivity contribution is 7.16. The first-order chi connectivity index (χ1) is 13.1. The number of rotatable bonds is 5. The lowest BCUT2D eigenvalue weighted by Crippen LogP contribution is -2.38. The van der Waals surface area contributed by atoms with E-state index in [1.807, 2.05) is 25.1 Å². The molecule has 1 amide bonds. The topological polar surface area (TPSA) is 62.8 Å². The molecular formula is C20H25N3O3S. The molecule has 3 heterocycles. The van der Waals surface area contributed by atoms with Crippen LogP contribution in [0.15, 0.2) is 18.2 Å². The molecule has 144 valence electrons. The molecule has 0 spiro atoms. The van der Waals surface area contributed by atoms with Crippen LogP contribution >= 0.6 is 11.3 Å². The number of anilines is 1. The Kier molecular flexibility index (Phi) is 4.97. The van der Waals surface area contributed by atoms with E-state index in [9.17, 15) is 4.79 Å². The van der Waals surface area contributed by atoms with Gasteiger partial charge in [-0.3, -0.25) is 9.69 Å². The number of likely N-dealkylation sites (N-methyl/N-ethyl adjacent to an activating group) is 1. The lowest BCUT2D eigenvalue weighted by Gasteiger charge is -2.28. The van der Waals surface area contributed by atoms with Crippen LogP contribution in [0.3, 0.4) is 0 Å². The van der Waals surface area contributed by atoms with E-state index in [4.69, 9.17) is 9.47 Å². The van der Waals surface area contributed by atoms with Crippen molar-refractivity contribution in [3.05, 3.63) is 39.8 Å². The van der Waals surface area contributed by atoms with Gasteiger partial charge in [-0.2, -0.15) is 0 Å². The Bertz CT molecular complexity index is 864. The zero-order valence-corrected chi connectivity index (χ0v) is 16.7. The van der Waals surface area contributed by atoms with Crippen molar-refractivity contribution in [3.8, 4) is 11.5 Å². The summed E-state index contributed by atoms with van der Waals surface area (Å²) in [6.07, 6.45) is 0.656. The number of thiophene rings is 1. The van der Waals surface area contributed by atoms with Gasteiger partial charge >= 0.3 is 0 Å². The number of nitrogens with one attached hydrogen (secondary N) is 2. The van der Waals surface area contributed by atoms with Crippen LogP contribution in [0.4, 0.5) is 5.00 Å². The van der Waals surface area contributed by atoms with E-state index in [0.29, 0.717) is 18.1 Å². The number of hydrogen-bond acceptors (Lipinski definition) is 6. The first kappa shape index (κ1) is 18.1. The maximum absolute atomic E-state index is 12.9. The van der Waals surface area contributed by atoms with Gasteiger partial charge in [0.15, 0.2) is 11.5 Å². The molecule has 27 heavy (non-hydrogen) atoms. The predicted molar refractivity (Wildman–Crippen MR) is 107 cm³/mol. The lowest BCUT2D eigenvalue weighted by molar-refractivity contribution is 0.0934. The molecule has 0 unspecified atom stereocenters. The zero-order valence-electron chi connectivity index (χ0n) is 15.9. The molecule has 4 rings (SSSR count). The van der Waals surface area contributed by atoms with Crippen LogP contribution < -0.4 is 20.1 Å². The highest BCUT2D eigenvalue weighted by Gasteiger charge is 2.33. The first-order valence-corrected chi connectivity index (χ1v) is 10.2. The third kappa shape index (κ3) is 3.26. The third-order valence-electron chi connectivity index (χ3n) is 5.18. The summed E-state index contributed by atoms with van der Waals surface area (Å²) in [5.74, 6) is 1.38. The van der Waals surface area contributed by atoms with Crippen LogP contribution in [0.25, 0.3) is 0 Å². The number of benzene rings is 1. The number of nitrogens with zero attached hydrogens (tertiary/aromatic N) is 1. The number of amides is 1. The largest absolute Gasteiger partial charge is 0.493 e. The molecule has 1 aromatic carbocycles. The van der Waals surface area contributed by atoms with Gasteiger partial charge in [-0.25, -0.2) is 0 Å². The van der Waals surface area contributed by atoms with Gasteiger partial charge in [-0.05, 0) is 43.1 Å². The highest BCUT2D eigenvalue weighted by Crippen LogP contribution is 2.41. The smallest absolute Gasteiger partial charge is 0.256 e. The molecule has 2 aliphatic rings. The van der Waals surface area contributed by atoms with E-state index >= 15 is 0 Å². The van der Waals surface area contributed by atoms with Crippen LogP contribution in [0, 0.1) is 0 Å². The van der Waals surface area contributed by atoms with E-state index in [1.54, 1.807) is 18.4 Å². The van der Waals surface area contributed by atoms with Crippen molar-refractivity contribution < 1.29 is 14.3 Å². The molecular weight excluding hydrogens is 362 g/mol. The fraction of sp³-hybridized carbons (Fsp3) is 0.450. The molecule has 7 heteroatoms. The number of methoxy groups -OCH3 is 1. The van der Waals surface area contributed by atoms with E-state index in [2.05, 4.69) is 22.5 Å². The van der Waals surface area contributed by atoms with Crippen molar-refractivity contribution >= 4 is 22.2 Å². The molecule has 1 aromatic heterocycles. The van der Waals surface area contributed by atoms with Gasteiger partial charge in [0.1, 0.15) is 11.2 Å². The minimum atomic E-state index is -0.281. The van der Waals surface area contributed by atoms with E-state index < -0.39 is 0 Å². The second-order valence-electron chi connectivity index (χ2n) is 6.72. The summed E-state index contributed by atoms with van der Waals surface area (Å²) in [6, 6.07) is 5.77. The van der Waals surface area contributed by atoms with Gasteiger partial charge in [0.2, 0.25) is 0 Å². The standard InChI is InChI=1S/C20H25N3O3S/c1-4-23-9-8-13-16(11-23)27-20-17(13)19(24)21-18(22-20)12-6-7-14(26-5-2)15(10-12)25-3/h6-7,10,18,22H,4-5,8-9,11H2,1-3H3,(H,21,24)/t18-/m1/s1. The van der Waals surface area contributed by atoms with Crippen LogP contribution in [-0.2, 0) is 13.0 Å². The Morgan fingerprint density at radius 3 is 2.85 bits per heavy atom. The monoisotopic (exact) mass is 387 g/mol. The van der Waals surface area contributed by atoms with E-state index in [1.165, 1.54) is 10.4 Å². The number of fused-ring (bicyclic) bond motifs is 3. The fourth-order valence-electron chi connectivity index (χ4n) is 3.74. The van der Waals surface area contributed by atoms with E-state index in [-0.39, 0.29) is 12.1 Å². The molecule has 6 nitrogen and oxygen atoms in total. The summed E-state index contributed by atoms with van der Waals surface area (Å²) >= 11 is 1.71. The average Bonchev–Trinajstić information content (AvgIpc) is 3.06. The molecule has 1 atom stereocenters. The maximum Gasteiger partial charge on any atom is 0.256 e. The van der Waals surface area contributed by atoms with Crippen molar-refractivity contribution in [2.45, 2.75) is 33.0 Å². The quantitative estimate of drug-likeness (QED) is 0.823. The van der Waals surface area contributed by atoms with Crippen molar-refractivity contribution in [3.63, 3.8) is 0 Å². The molecule has 0 saturated heterocycles. The Labute approximate surface area is 163 Å². The van der Waals surface area contributed by atoms with Crippen LogP contribution in [0.1, 0.15) is 46.4 Å². The van der Waals surface area contributed by atoms with Crippen molar-refractivity contribution in [2.24, 2.45) is 0 Å². The molecule has 2 aromatic rings. The molecule has 2 N–H and O–H groups in total. The summed E-state index contributed by atoms with van der Waals surface area (Å²) in [4.78, 5) is 16.6. The number of hydrogen-bond donors (Lipinski definition) is 2. The summed E-state index contributed by atoms with van der Waals surface area (Å²) < 4.78 is 11.0. The van der Waals surface area contributed by atoms with Crippen LogP contribution in [0.5, 0.6) is 11.5 Å². The predicted octanol–water partition coefficient (Wildman–Crippen LogP) is 3.39. The summed E-state index contributed by atoms with van der Waals surface area (Å²) in [7, 11) is 1.62. The van der Waals surface area contributed by atoms with Crippen molar-refractivity contribution in [1.29, 1.82) is 0 Å².